The summed E-state index contributed by atoms with van der Waals surface area (Å²) in [4.78, 5) is 29.5. The molecule has 0 radical (unpaired) electrons. The first-order valence-corrected chi connectivity index (χ1v) is 10.0. The van der Waals surface area contributed by atoms with Gasteiger partial charge in [0.2, 0.25) is 12.7 Å². The highest BCUT2D eigenvalue weighted by molar-refractivity contribution is 5.75. The smallest absolute Gasteiger partial charge is 0.254 e. The lowest BCUT2D eigenvalue weighted by molar-refractivity contribution is -0.121. The van der Waals surface area contributed by atoms with Gasteiger partial charge in [0.15, 0.2) is 11.5 Å². The van der Waals surface area contributed by atoms with E-state index in [1.807, 2.05) is 12.1 Å². The van der Waals surface area contributed by atoms with Gasteiger partial charge in [0.1, 0.15) is 30.5 Å². The number of carbonyl (C=O) groups excluding carboxylic acids is 1. The molecule has 0 saturated heterocycles. The van der Waals surface area contributed by atoms with Crippen LogP contribution in [0.3, 0.4) is 0 Å². The van der Waals surface area contributed by atoms with Gasteiger partial charge in [-0.1, -0.05) is 6.07 Å². The van der Waals surface area contributed by atoms with E-state index in [4.69, 9.17) is 18.9 Å². The van der Waals surface area contributed by atoms with E-state index in [9.17, 15) is 9.59 Å². The van der Waals surface area contributed by atoms with E-state index in [2.05, 4.69) is 10.3 Å². The van der Waals surface area contributed by atoms with Crippen LogP contribution in [-0.4, -0.2) is 29.4 Å². The van der Waals surface area contributed by atoms with E-state index in [0.717, 1.165) is 5.56 Å². The summed E-state index contributed by atoms with van der Waals surface area (Å²) in [5, 5.41) is 2.82. The average Bonchev–Trinajstić information content (AvgIpc) is 3.26. The molecule has 2 aromatic carbocycles. The van der Waals surface area contributed by atoms with E-state index in [1.165, 1.54) is 10.6 Å². The molecule has 3 aromatic rings. The molecule has 0 spiro atoms. The van der Waals surface area contributed by atoms with Crippen molar-refractivity contribution in [1.29, 1.82) is 0 Å². The monoisotopic (exact) mass is 437 g/mol. The Morgan fingerprint density at radius 1 is 1.09 bits per heavy atom. The second-order valence-corrected chi connectivity index (χ2v) is 7.17. The van der Waals surface area contributed by atoms with Crippen LogP contribution in [0, 0.1) is 6.92 Å². The number of aryl methyl sites for hydroxylation is 1. The number of carbonyl (C=O) groups is 1. The van der Waals surface area contributed by atoms with Crippen molar-refractivity contribution in [1.82, 2.24) is 14.9 Å². The molecule has 9 nitrogen and oxygen atoms in total. The summed E-state index contributed by atoms with van der Waals surface area (Å²) < 4.78 is 22.8. The predicted octanol–water partition coefficient (Wildman–Crippen LogP) is 2.18. The normalized spacial score (nSPS) is 11.8. The van der Waals surface area contributed by atoms with Crippen LogP contribution in [0.5, 0.6) is 23.0 Å². The summed E-state index contributed by atoms with van der Waals surface area (Å²) in [7, 11) is 1.59. The van der Waals surface area contributed by atoms with Crippen LogP contribution in [0.1, 0.15) is 17.1 Å². The van der Waals surface area contributed by atoms with Gasteiger partial charge in [-0.3, -0.25) is 14.2 Å². The Balaban J connectivity index is 1.41. The number of nitrogens with one attached hydrogen (secondary N) is 1. The van der Waals surface area contributed by atoms with Crippen molar-refractivity contribution < 1.29 is 23.7 Å². The minimum atomic E-state index is -0.318. The van der Waals surface area contributed by atoms with Gasteiger partial charge in [-0.2, -0.15) is 0 Å². The third-order valence-corrected chi connectivity index (χ3v) is 4.87. The Morgan fingerprint density at radius 3 is 2.62 bits per heavy atom. The molecule has 166 valence electrons. The molecule has 0 aliphatic carbocycles. The number of fused-ring (bicyclic) bond motifs is 1. The predicted molar refractivity (Wildman–Crippen MR) is 115 cm³/mol. The zero-order valence-electron chi connectivity index (χ0n) is 17.8. The Kier molecular flexibility index (Phi) is 6.25. The maximum absolute atomic E-state index is 12.5. The number of aromatic nitrogens is 2. The van der Waals surface area contributed by atoms with E-state index in [-0.39, 0.29) is 31.4 Å². The molecule has 9 heteroatoms. The van der Waals surface area contributed by atoms with Gasteiger partial charge in [0.25, 0.3) is 5.56 Å². The zero-order chi connectivity index (χ0) is 22.5. The highest BCUT2D eigenvalue weighted by Crippen LogP contribution is 2.32. The molecule has 4 rings (SSSR count). The fourth-order valence-electron chi connectivity index (χ4n) is 3.23. The Labute approximate surface area is 184 Å². The summed E-state index contributed by atoms with van der Waals surface area (Å²) >= 11 is 0. The minimum absolute atomic E-state index is 0.0404. The third-order valence-electron chi connectivity index (χ3n) is 4.87. The van der Waals surface area contributed by atoms with Gasteiger partial charge in [-0.15, -0.1) is 0 Å². The van der Waals surface area contributed by atoms with Crippen LogP contribution in [0.4, 0.5) is 0 Å². The highest BCUT2D eigenvalue weighted by atomic mass is 16.7. The topological polar surface area (TPSA) is 101 Å². The number of rotatable bonds is 8. The van der Waals surface area contributed by atoms with Crippen molar-refractivity contribution in [2.75, 3.05) is 13.9 Å². The summed E-state index contributed by atoms with van der Waals surface area (Å²) in [6.45, 7) is 2.08. The summed E-state index contributed by atoms with van der Waals surface area (Å²) in [6, 6.07) is 13.9. The lowest BCUT2D eigenvalue weighted by Gasteiger charge is -2.14. The maximum atomic E-state index is 12.5. The molecular formula is C23H23N3O6. The van der Waals surface area contributed by atoms with Crippen LogP contribution in [-0.2, 0) is 24.5 Å². The van der Waals surface area contributed by atoms with Gasteiger partial charge < -0.3 is 24.3 Å². The van der Waals surface area contributed by atoms with Crippen molar-refractivity contribution in [3.8, 4) is 23.0 Å². The van der Waals surface area contributed by atoms with Gasteiger partial charge in [0.05, 0.1) is 7.11 Å². The average molecular weight is 437 g/mol. The number of amides is 1. The van der Waals surface area contributed by atoms with Crippen LogP contribution in [0.15, 0.2) is 53.3 Å². The summed E-state index contributed by atoms with van der Waals surface area (Å²) in [5.74, 6) is 2.68. The lowest BCUT2D eigenvalue weighted by Crippen LogP contribution is -2.34. The van der Waals surface area contributed by atoms with Crippen molar-refractivity contribution in [3.63, 3.8) is 0 Å². The molecule has 1 aliphatic heterocycles. The van der Waals surface area contributed by atoms with E-state index >= 15 is 0 Å². The van der Waals surface area contributed by atoms with Crippen molar-refractivity contribution in [3.05, 3.63) is 76.0 Å². The van der Waals surface area contributed by atoms with Gasteiger partial charge in [-0.25, -0.2) is 4.98 Å². The van der Waals surface area contributed by atoms with Crippen molar-refractivity contribution in [2.45, 2.75) is 26.6 Å². The summed E-state index contributed by atoms with van der Waals surface area (Å²) in [5.41, 5.74) is 1.10. The molecule has 0 unspecified atom stereocenters. The molecular weight excluding hydrogens is 414 g/mol. The van der Waals surface area contributed by atoms with Crippen LogP contribution >= 0.6 is 0 Å². The molecule has 2 heterocycles. The summed E-state index contributed by atoms with van der Waals surface area (Å²) in [6.07, 6.45) is 0. The largest absolute Gasteiger partial charge is 0.497 e. The van der Waals surface area contributed by atoms with Gasteiger partial charge >= 0.3 is 0 Å². The molecule has 1 aromatic heterocycles. The number of hydrogen-bond donors (Lipinski definition) is 1. The maximum Gasteiger partial charge on any atom is 0.254 e. The fourth-order valence-corrected chi connectivity index (χ4v) is 3.23. The van der Waals surface area contributed by atoms with Crippen LogP contribution in [0.2, 0.25) is 0 Å². The molecule has 1 N–H and O–H groups in total. The lowest BCUT2D eigenvalue weighted by atomic mass is 10.2. The number of ether oxygens (including phenoxy) is 4. The van der Waals surface area contributed by atoms with E-state index in [1.54, 1.807) is 44.4 Å². The second-order valence-electron chi connectivity index (χ2n) is 7.17. The first kappa shape index (κ1) is 21.2. The Hall–Kier alpha value is -4.01. The number of nitrogens with zero attached hydrogens (tertiary/aromatic N) is 2. The quantitative estimate of drug-likeness (QED) is 0.576. The molecule has 1 amide bonds. The standard InChI is InChI=1S/C23H23N3O6/c1-15-9-23(28)26(21(25-15)13-30-18-6-4-17(29-2)5-7-18)12-22(27)24-11-16-3-8-19-20(10-16)32-14-31-19/h3-10H,11-14H2,1-2H3,(H,24,27). The van der Waals surface area contributed by atoms with E-state index < -0.39 is 0 Å². The fraction of sp³-hybridized carbons (Fsp3) is 0.261. The number of benzene rings is 2. The van der Waals surface area contributed by atoms with E-state index in [0.29, 0.717) is 41.1 Å². The first-order valence-electron chi connectivity index (χ1n) is 10.0. The molecule has 0 bridgehead atoms. The number of hydrogen-bond acceptors (Lipinski definition) is 7. The van der Waals surface area contributed by atoms with Crippen molar-refractivity contribution in [2.24, 2.45) is 0 Å². The molecule has 0 fully saturated rings. The second kappa shape index (κ2) is 9.42. The SMILES string of the molecule is COc1ccc(OCc2nc(C)cc(=O)n2CC(=O)NCc2ccc3c(c2)OCO3)cc1. The Bertz CT molecular complexity index is 1170. The number of methoxy groups -OCH3 is 1. The van der Waals surface area contributed by atoms with Gasteiger partial charge in [-0.05, 0) is 48.9 Å². The van der Waals surface area contributed by atoms with Crippen LogP contribution in [0.25, 0.3) is 0 Å². The Morgan fingerprint density at radius 2 is 1.84 bits per heavy atom. The highest BCUT2D eigenvalue weighted by Gasteiger charge is 2.15. The molecule has 32 heavy (non-hydrogen) atoms. The zero-order valence-corrected chi connectivity index (χ0v) is 17.8. The molecule has 0 saturated carbocycles. The van der Waals surface area contributed by atoms with Crippen molar-refractivity contribution >= 4 is 5.91 Å². The molecule has 1 aliphatic rings. The van der Waals surface area contributed by atoms with Crippen LogP contribution < -0.4 is 29.8 Å². The minimum Gasteiger partial charge on any atom is -0.497 e. The van der Waals surface area contributed by atoms with Gasteiger partial charge in [0, 0.05) is 18.3 Å². The molecule has 0 atom stereocenters. The first-order chi connectivity index (χ1) is 15.5. The third kappa shape index (κ3) is 5.00.